The SMILES string of the molecule is CC1CCCN(C(=O)c2cncc(C(=O)NC3CCCCC3)c2)C1. The van der Waals surface area contributed by atoms with Gasteiger partial charge < -0.3 is 10.2 Å². The van der Waals surface area contributed by atoms with Crippen LogP contribution in [0.15, 0.2) is 18.5 Å². The largest absolute Gasteiger partial charge is 0.349 e. The molecule has 2 aliphatic rings. The third kappa shape index (κ3) is 4.13. The van der Waals surface area contributed by atoms with Gasteiger partial charge in [0, 0.05) is 31.5 Å². The first-order valence-electron chi connectivity index (χ1n) is 9.18. The molecule has 1 aromatic rings. The molecule has 1 aromatic heterocycles. The third-order valence-electron chi connectivity index (χ3n) is 5.13. The van der Waals surface area contributed by atoms with Crippen molar-refractivity contribution in [1.82, 2.24) is 15.2 Å². The number of piperidine rings is 1. The maximum Gasteiger partial charge on any atom is 0.255 e. The Morgan fingerprint density at radius 2 is 1.83 bits per heavy atom. The van der Waals surface area contributed by atoms with Crippen LogP contribution in [-0.2, 0) is 0 Å². The number of rotatable bonds is 3. The minimum Gasteiger partial charge on any atom is -0.349 e. The highest BCUT2D eigenvalue weighted by Crippen LogP contribution is 2.19. The molecule has 0 spiro atoms. The zero-order valence-electron chi connectivity index (χ0n) is 14.5. The maximum absolute atomic E-state index is 12.7. The molecule has 2 amide bonds. The van der Waals surface area contributed by atoms with E-state index in [1.54, 1.807) is 18.5 Å². The fourth-order valence-electron chi connectivity index (χ4n) is 3.75. The Hall–Kier alpha value is -1.91. The number of hydrogen-bond donors (Lipinski definition) is 1. The molecule has 5 heteroatoms. The smallest absolute Gasteiger partial charge is 0.255 e. The molecule has 1 atom stereocenters. The third-order valence-corrected chi connectivity index (χ3v) is 5.13. The molecule has 1 N–H and O–H groups in total. The molecule has 3 rings (SSSR count). The van der Waals surface area contributed by atoms with E-state index in [0.717, 1.165) is 32.4 Å². The molecule has 1 saturated carbocycles. The predicted octanol–water partition coefficient (Wildman–Crippen LogP) is 3.02. The van der Waals surface area contributed by atoms with Crippen LogP contribution >= 0.6 is 0 Å². The lowest BCUT2D eigenvalue weighted by Gasteiger charge is -2.31. The van der Waals surface area contributed by atoms with Gasteiger partial charge in [0.2, 0.25) is 0 Å². The van der Waals surface area contributed by atoms with Crippen LogP contribution in [0, 0.1) is 5.92 Å². The normalized spacial score (nSPS) is 22.2. The van der Waals surface area contributed by atoms with Gasteiger partial charge in [-0.15, -0.1) is 0 Å². The minimum absolute atomic E-state index is 0.0126. The average Bonchev–Trinajstić information content (AvgIpc) is 2.62. The number of nitrogens with zero attached hydrogens (tertiary/aromatic N) is 2. The molecule has 2 heterocycles. The van der Waals surface area contributed by atoms with Gasteiger partial charge in [0.05, 0.1) is 11.1 Å². The van der Waals surface area contributed by atoms with Gasteiger partial charge in [-0.3, -0.25) is 14.6 Å². The first kappa shape index (κ1) is 16.9. The van der Waals surface area contributed by atoms with Gasteiger partial charge in [0.25, 0.3) is 11.8 Å². The molecule has 0 aromatic carbocycles. The highest BCUT2D eigenvalue weighted by Gasteiger charge is 2.23. The minimum atomic E-state index is -0.115. The average molecular weight is 329 g/mol. The van der Waals surface area contributed by atoms with E-state index in [2.05, 4.69) is 17.2 Å². The van der Waals surface area contributed by atoms with E-state index >= 15 is 0 Å². The molecule has 24 heavy (non-hydrogen) atoms. The molecular weight excluding hydrogens is 302 g/mol. The van der Waals surface area contributed by atoms with Crippen molar-refractivity contribution >= 4 is 11.8 Å². The molecule has 1 aliphatic heterocycles. The summed E-state index contributed by atoms with van der Waals surface area (Å²) in [5.74, 6) is 0.408. The van der Waals surface area contributed by atoms with E-state index in [4.69, 9.17) is 0 Å². The summed E-state index contributed by atoms with van der Waals surface area (Å²) in [6.45, 7) is 3.75. The Kier molecular flexibility index (Phi) is 5.48. The van der Waals surface area contributed by atoms with E-state index in [1.807, 2.05) is 4.90 Å². The molecule has 1 saturated heterocycles. The molecule has 1 unspecified atom stereocenters. The van der Waals surface area contributed by atoms with Gasteiger partial charge in [0.1, 0.15) is 0 Å². The summed E-state index contributed by atoms with van der Waals surface area (Å²) in [6, 6.07) is 1.95. The highest BCUT2D eigenvalue weighted by atomic mass is 16.2. The standard InChI is InChI=1S/C19H27N3O2/c1-14-6-5-9-22(13-14)19(24)16-10-15(11-20-12-16)18(23)21-17-7-3-2-4-8-17/h10-12,14,17H,2-9,13H2,1H3,(H,21,23). The second-order valence-electron chi connectivity index (χ2n) is 7.27. The summed E-state index contributed by atoms with van der Waals surface area (Å²) in [4.78, 5) is 31.1. The fourth-order valence-corrected chi connectivity index (χ4v) is 3.75. The second-order valence-corrected chi connectivity index (χ2v) is 7.27. The van der Waals surface area contributed by atoms with Crippen LogP contribution < -0.4 is 5.32 Å². The lowest BCUT2D eigenvalue weighted by Crippen LogP contribution is -2.39. The Morgan fingerprint density at radius 1 is 1.08 bits per heavy atom. The fraction of sp³-hybridized carbons (Fsp3) is 0.632. The lowest BCUT2D eigenvalue weighted by molar-refractivity contribution is 0.0682. The van der Waals surface area contributed by atoms with Gasteiger partial charge in [0.15, 0.2) is 0 Å². The van der Waals surface area contributed by atoms with E-state index < -0.39 is 0 Å². The summed E-state index contributed by atoms with van der Waals surface area (Å²) < 4.78 is 0. The van der Waals surface area contributed by atoms with Crippen molar-refractivity contribution in [2.75, 3.05) is 13.1 Å². The van der Waals surface area contributed by atoms with E-state index in [0.29, 0.717) is 17.0 Å². The maximum atomic E-state index is 12.7. The summed E-state index contributed by atoms with van der Waals surface area (Å²) >= 11 is 0. The van der Waals surface area contributed by atoms with Crippen LogP contribution in [0.5, 0.6) is 0 Å². The Labute approximate surface area is 143 Å². The number of aromatic nitrogens is 1. The molecule has 5 nitrogen and oxygen atoms in total. The zero-order chi connectivity index (χ0) is 16.9. The topological polar surface area (TPSA) is 62.3 Å². The second kappa shape index (κ2) is 7.77. The first-order valence-corrected chi connectivity index (χ1v) is 9.18. The number of carbonyl (C=O) groups excluding carboxylic acids is 2. The van der Waals surface area contributed by atoms with Crippen molar-refractivity contribution in [2.45, 2.75) is 57.9 Å². The molecule has 0 bridgehead atoms. The van der Waals surface area contributed by atoms with Gasteiger partial charge in [-0.2, -0.15) is 0 Å². The number of nitrogens with one attached hydrogen (secondary N) is 1. The van der Waals surface area contributed by atoms with Crippen LogP contribution in [0.4, 0.5) is 0 Å². The van der Waals surface area contributed by atoms with Crippen LogP contribution in [0.2, 0.25) is 0 Å². The van der Waals surface area contributed by atoms with Crippen molar-refractivity contribution in [2.24, 2.45) is 5.92 Å². The van der Waals surface area contributed by atoms with Gasteiger partial charge in [-0.05, 0) is 37.7 Å². The number of amides is 2. The van der Waals surface area contributed by atoms with Crippen LogP contribution in [0.1, 0.15) is 72.6 Å². The van der Waals surface area contributed by atoms with Crippen molar-refractivity contribution in [3.8, 4) is 0 Å². The van der Waals surface area contributed by atoms with Crippen molar-refractivity contribution in [3.63, 3.8) is 0 Å². The summed E-state index contributed by atoms with van der Waals surface area (Å²) in [5.41, 5.74) is 0.997. The van der Waals surface area contributed by atoms with E-state index in [9.17, 15) is 9.59 Å². The Balaban J connectivity index is 1.66. The van der Waals surface area contributed by atoms with E-state index in [-0.39, 0.29) is 17.9 Å². The molecule has 130 valence electrons. The molecular formula is C19H27N3O2. The van der Waals surface area contributed by atoms with Crippen LogP contribution in [-0.4, -0.2) is 40.8 Å². The predicted molar refractivity (Wildman–Crippen MR) is 92.9 cm³/mol. The Bertz CT molecular complexity index is 596. The highest BCUT2D eigenvalue weighted by molar-refractivity contribution is 5.99. The number of likely N-dealkylation sites (tertiary alicyclic amines) is 1. The Morgan fingerprint density at radius 3 is 2.58 bits per heavy atom. The van der Waals surface area contributed by atoms with E-state index in [1.165, 1.54) is 25.7 Å². The van der Waals surface area contributed by atoms with Crippen molar-refractivity contribution < 1.29 is 9.59 Å². The van der Waals surface area contributed by atoms with Gasteiger partial charge >= 0.3 is 0 Å². The van der Waals surface area contributed by atoms with Crippen molar-refractivity contribution in [3.05, 3.63) is 29.6 Å². The molecule has 0 radical (unpaired) electrons. The van der Waals surface area contributed by atoms with Gasteiger partial charge in [-0.25, -0.2) is 0 Å². The number of pyridine rings is 1. The molecule has 1 aliphatic carbocycles. The summed E-state index contributed by atoms with van der Waals surface area (Å²) in [6.07, 6.45) is 11.0. The quantitative estimate of drug-likeness (QED) is 0.927. The van der Waals surface area contributed by atoms with Gasteiger partial charge in [-0.1, -0.05) is 26.2 Å². The van der Waals surface area contributed by atoms with Crippen LogP contribution in [0.3, 0.4) is 0 Å². The monoisotopic (exact) mass is 329 g/mol. The lowest BCUT2D eigenvalue weighted by atomic mass is 9.95. The number of carbonyl (C=O) groups is 2. The molecule has 2 fully saturated rings. The number of hydrogen-bond acceptors (Lipinski definition) is 3. The first-order chi connectivity index (χ1) is 11.6. The summed E-state index contributed by atoms with van der Waals surface area (Å²) in [5, 5.41) is 3.08. The van der Waals surface area contributed by atoms with Crippen LogP contribution in [0.25, 0.3) is 0 Å². The van der Waals surface area contributed by atoms with Crippen molar-refractivity contribution in [1.29, 1.82) is 0 Å². The summed E-state index contributed by atoms with van der Waals surface area (Å²) in [7, 11) is 0. The zero-order valence-corrected chi connectivity index (χ0v) is 14.5.